The molecule has 0 aliphatic carbocycles. The quantitative estimate of drug-likeness (QED) is 0.598. The summed E-state index contributed by atoms with van der Waals surface area (Å²) in [5.41, 5.74) is 3.18. The van der Waals surface area contributed by atoms with Crippen LogP contribution in [0.25, 0.3) is 0 Å². The summed E-state index contributed by atoms with van der Waals surface area (Å²) in [4.78, 5) is 37.2. The first-order chi connectivity index (χ1) is 13.4. The Labute approximate surface area is 163 Å². The Morgan fingerprint density at radius 1 is 1.21 bits per heavy atom. The molecule has 0 aromatic heterocycles. The molecule has 7 heteroatoms. The van der Waals surface area contributed by atoms with Crippen LogP contribution in [-0.4, -0.2) is 23.3 Å². The summed E-state index contributed by atoms with van der Waals surface area (Å²) in [6.45, 7) is 4.42. The van der Waals surface area contributed by atoms with E-state index in [1.54, 1.807) is 25.1 Å². The summed E-state index contributed by atoms with van der Waals surface area (Å²) in [5.74, 6) is -0.275. The summed E-state index contributed by atoms with van der Waals surface area (Å²) in [6.07, 6.45) is 3.04. The molecule has 0 spiro atoms. The van der Waals surface area contributed by atoms with Gasteiger partial charge in [-0.15, -0.1) is 0 Å². The minimum Gasteiger partial charge on any atom is -0.322 e. The van der Waals surface area contributed by atoms with E-state index in [1.165, 1.54) is 6.07 Å². The van der Waals surface area contributed by atoms with Gasteiger partial charge >= 0.3 is 0 Å². The molecule has 2 amide bonds. The maximum absolute atomic E-state index is 12.5. The van der Waals surface area contributed by atoms with Crippen molar-refractivity contribution in [3.8, 4) is 0 Å². The highest BCUT2D eigenvalue weighted by molar-refractivity contribution is 6.05. The number of amides is 2. The molecule has 0 radical (unpaired) electrons. The number of hydrogen-bond acceptors (Lipinski definition) is 4. The average Bonchev–Trinajstić information content (AvgIpc) is 2.67. The lowest BCUT2D eigenvalue weighted by Gasteiger charge is -2.29. The van der Waals surface area contributed by atoms with Crippen LogP contribution in [0.3, 0.4) is 0 Å². The van der Waals surface area contributed by atoms with Crippen molar-refractivity contribution in [1.29, 1.82) is 0 Å². The number of unbranched alkanes of at least 4 members (excludes halogenated alkanes) is 1. The van der Waals surface area contributed by atoms with E-state index in [9.17, 15) is 19.7 Å². The molecule has 1 heterocycles. The van der Waals surface area contributed by atoms with Crippen LogP contribution >= 0.6 is 0 Å². The second-order valence-electron chi connectivity index (χ2n) is 6.95. The minimum absolute atomic E-state index is 0.0804. The monoisotopic (exact) mass is 381 g/mol. The summed E-state index contributed by atoms with van der Waals surface area (Å²) >= 11 is 0. The van der Waals surface area contributed by atoms with Gasteiger partial charge in [0.2, 0.25) is 5.91 Å². The number of hydrogen-bond donors (Lipinski definition) is 1. The topological polar surface area (TPSA) is 92.6 Å². The molecule has 1 aliphatic rings. The number of anilines is 2. The lowest BCUT2D eigenvalue weighted by molar-refractivity contribution is -0.385. The average molecular weight is 381 g/mol. The number of nitro benzene ring substituents is 1. The smallest absolute Gasteiger partial charge is 0.273 e. The normalized spacial score (nSPS) is 13.2. The third-order valence-corrected chi connectivity index (χ3v) is 4.94. The molecule has 3 rings (SSSR count). The standard InChI is InChI=1S/C21H23N3O4/c1-3-4-11-23-18-9-8-17(12-15(18)7-10-20(23)25)22-21(26)16-6-5-14(2)19(13-16)24(27)28/h5-6,8-9,12-13H,3-4,7,10-11H2,1-2H3,(H,22,26). The number of carbonyl (C=O) groups is 2. The lowest BCUT2D eigenvalue weighted by atomic mass is 10.00. The molecule has 146 valence electrons. The van der Waals surface area contributed by atoms with Gasteiger partial charge in [-0.25, -0.2) is 0 Å². The van der Waals surface area contributed by atoms with Crippen molar-refractivity contribution < 1.29 is 14.5 Å². The van der Waals surface area contributed by atoms with Crippen LogP contribution in [-0.2, 0) is 11.2 Å². The number of nitrogens with zero attached hydrogens (tertiary/aromatic N) is 2. The van der Waals surface area contributed by atoms with Gasteiger partial charge in [0, 0.05) is 41.5 Å². The van der Waals surface area contributed by atoms with Crippen LogP contribution in [0.2, 0.25) is 0 Å². The van der Waals surface area contributed by atoms with Gasteiger partial charge in [-0.2, -0.15) is 0 Å². The largest absolute Gasteiger partial charge is 0.322 e. The van der Waals surface area contributed by atoms with Crippen LogP contribution in [0.15, 0.2) is 36.4 Å². The Balaban J connectivity index is 1.81. The number of rotatable bonds is 6. The Morgan fingerprint density at radius 3 is 2.71 bits per heavy atom. The Morgan fingerprint density at radius 2 is 2.00 bits per heavy atom. The third kappa shape index (κ3) is 4.03. The molecule has 0 unspecified atom stereocenters. The van der Waals surface area contributed by atoms with Gasteiger partial charge in [0.15, 0.2) is 0 Å². The first-order valence-corrected chi connectivity index (χ1v) is 9.40. The third-order valence-electron chi connectivity index (χ3n) is 4.94. The van der Waals surface area contributed by atoms with Crippen molar-refractivity contribution in [2.45, 2.75) is 39.5 Å². The van der Waals surface area contributed by atoms with E-state index < -0.39 is 10.8 Å². The fourth-order valence-corrected chi connectivity index (χ4v) is 3.35. The van der Waals surface area contributed by atoms with Gasteiger partial charge in [-0.3, -0.25) is 19.7 Å². The summed E-state index contributed by atoms with van der Waals surface area (Å²) in [5, 5.41) is 13.9. The molecule has 0 fully saturated rings. The second kappa shape index (κ2) is 8.21. The molecule has 0 saturated heterocycles. The van der Waals surface area contributed by atoms with Crippen molar-refractivity contribution >= 4 is 28.9 Å². The first-order valence-electron chi connectivity index (χ1n) is 9.40. The van der Waals surface area contributed by atoms with Gasteiger partial charge in [-0.05, 0) is 49.6 Å². The van der Waals surface area contributed by atoms with Crippen molar-refractivity contribution in [3.63, 3.8) is 0 Å². The molecule has 28 heavy (non-hydrogen) atoms. The molecule has 0 bridgehead atoms. The second-order valence-corrected chi connectivity index (χ2v) is 6.95. The van der Waals surface area contributed by atoms with Crippen LogP contribution in [0.1, 0.15) is 47.7 Å². The fourth-order valence-electron chi connectivity index (χ4n) is 3.35. The Hall–Kier alpha value is -3.22. The molecule has 0 saturated carbocycles. The van der Waals surface area contributed by atoms with E-state index in [-0.39, 0.29) is 17.2 Å². The molecule has 7 nitrogen and oxygen atoms in total. The van der Waals surface area contributed by atoms with Crippen LogP contribution in [0, 0.1) is 17.0 Å². The highest BCUT2D eigenvalue weighted by Gasteiger charge is 2.24. The minimum atomic E-state index is -0.493. The zero-order valence-electron chi connectivity index (χ0n) is 16.0. The van der Waals surface area contributed by atoms with Crippen LogP contribution < -0.4 is 10.2 Å². The number of carbonyl (C=O) groups excluding carboxylic acids is 2. The number of nitro groups is 1. The van der Waals surface area contributed by atoms with E-state index in [2.05, 4.69) is 12.2 Å². The number of fused-ring (bicyclic) bond motifs is 1. The van der Waals surface area contributed by atoms with Crippen LogP contribution in [0.4, 0.5) is 17.1 Å². The zero-order valence-corrected chi connectivity index (χ0v) is 16.0. The fraction of sp³-hybridized carbons (Fsp3) is 0.333. The highest BCUT2D eigenvalue weighted by Crippen LogP contribution is 2.31. The molecule has 2 aromatic carbocycles. The van der Waals surface area contributed by atoms with E-state index in [0.29, 0.717) is 30.6 Å². The van der Waals surface area contributed by atoms with Crippen molar-refractivity contribution in [3.05, 3.63) is 63.2 Å². The summed E-state index contributed by atoms with van der Waals surface area (Å²) in [7, 11) is 0. The maximum atomic E-state index is 12.5. The first kappa shape index (κ1) is 19.5. The van der Waals surface area contributed by atoms with E-state index in [1.807, 2.05) is 17.0 Å². The van der Waals surface area contributed by atoms with E-state index >= 15 is 0 Å². The van der Waals surface area contributed by atoms with Crippen LogP contribution in [0.5, 0.6) is 0 Å². The molecule has 2 aromatic rings. The zero-order chi connectivity index (χ0) is 20.3. The van der Waals surface area contributed by atoms with Gasteiger partial charge in [-0.1, -0.05) is 19.4 Å². The number of aryl methyl sites for hydroxylation is 2. The predicted octanol–water partition coefficient (Wildman–Crippen LogP) is 4.23. The highest BCUT2D eigenvalue weighted by atomic mass is 16.6. The number of nitrogens with one attached hydrogen (secondary N) is 1. The van der Waals surface area contributed by atoms with Crippen molar-refractivity contribution in [2.75, 3.05) is 16.8 Å². The maximum Gasteiger partial charge on any atom is 0.273 e. The Kier molecular flexibility index (Phi) is 5.73. The van der Waals surface area contributed by atoms with Gasteiger partial charge in [0.25, 0.3) is 11.6 Å². The Bertz CT molecular complexity index is 939. The molecule has 1 aliphatic heterocycles. The summed E-state index contributed by atoms with van der Waals surface area (Å²) < 4.78 is 0. The molecule has 1 N–H and O–H groups in total. The molecular formula is C21H23N3O4. The SMILES string of the molecule is CCCCN1C(=O)CCc2cc(NC(=O)c3ccc(C)c([N+](=O)[O-])c3)ccc21. The predicted molar refractivity (Wildman–Crippen MR) is 108 cm³/mol. The molecule has 0 atom stereocenters. The van der Waals surface area contributed by atoms with E-state index in [0.717, 1.165) is 24.1 Å². The summed E-state index contributed by atoms with van der Waals surface area (Å²) in [6, 6.07) is 9.92. The van der Waals surface area contributed by atoms with Crippen molar-refractivity contribution in [1.82, 2.24) is 0 Å². The molecular weight excluding hydrogens is 358 g/mol. The number of benzene rings is 2. The van der Waals surface area contributed by atoms with E-state index in [4.69, 9.17) is 0 Å². The van der Waals surface area contributed by atoms with Crippen molar-refractivity contribution in [2.24, 2.45) is 0 Å². The lowest BCUT2D eigenvalue weighted by Crippen LogP contribution is -2.35. The van der Waals surface area contributed by atoms with Gasteiger partial charge in [0.1, 0.15) is 0 Å². The van der Waals surface area contributed by atoms with Gasteiger partial charge in [0.05, 0.1) is 4.92 Å². The van der Waals surface area contributed by atoms with Gasteiger partial charge < -0.3 is 10.2 Å².